The van der Waals surface area contributed by atoms with E-state index < -0.39 is 0 Å². The van der Waals surface area contributed by atoms with Crippen molar-refractivity contribution in [2.24, 2.45) is 0 Å². The van der Waals surface area contributed by atoms with Gasteiger partial charge in [-0.15, -0.1) is 0 Å². The third-order valence-electron chi connectivity index (χ3n) is 4.68. The maximum atomic E-state index is 12.2. The van der Waals surface area contributed by atoms with Crippen LogP contribution in [0.5, 0.6) is 0 Å². The highest BCUT2D eigenvalue weighted by Crippen LogP contribution is 2.08. The highest BCUT2D eigenvalue weighted by molar-refractivity contribution is 5.78. The molecule has 5 heteroatoms. The minimum atomic E-state index is 0.0985. The van der Waals surface area contributed by atoms with Crippen molar-refractivity contribution in [1.82, 2.24) is 20.1 Å². The predicted octanol–water partition coefficient (Wildman–Crippen LogP) is 1.82. The van der Waals surface area contributed by atoms with Crippen LogP contribution in [0.4, 0.5) is 0 Å². The van der Waals surface area contributed by atoms with Crippen molar-refractivity contribution in [2.45, 2.75) is 20.0 Å². The number of piperazine rings is 1. The van der Waals surface area contributed by atoms with Crippen LogP contribution in [0.1, 0.15) is 16.8 Å². The Balaban J connectivity index is 1.38. The summed E-state index contributed by atoms with van der Waals surface area (Å²) in [4.78, 5) is 21.2. The molecule has 5 nitrogen and oxygen atoms in total. The normalized spacial score (nSPS) is 15.9. The largest absolute Gasteiger partial charge is 0.351 e. The molecule has 1 N–H and O–H groups in total. The SMILES string of the molecule is Cc1ccccc1CNC(=O)CN1CCN(Cc2ccccn2)CC1. The van der Waals surface area contributed by atoms with E-state index in [-0.39, 0.29) is 5.91 Å². The third-order valence-corrected chi connectivity index (χ3v) is 4.68. The molecule has 132 valence electrons. The molecule has 1 aromatic heterocycles. The van der Waals surface area contributed by atoms with Crippen LogP contribution in [0, 0.1) is 6.92 Å². The first-order chi connectivity index (χ1) is 12.2. The van der Waals surface area contributed by atoms with Gasteiger partial charge in [0.25, 0.3) is 0 Å². The number of hydrogen-bond donors (Lipinski definition) is 1. The summed E-state index contributed by atoms with van der Waals surface area (Å²) >= 11 is 0. The molecule has 3 rings (SSSR count). The summed E-state index contributed by atoms with van der Waals surface area (Å²) in [7, 11) is 0. The Hall–Kier alpha value is -2.24. The summed E-state index contributed by atoms with van der Waals surface area (Å²) in [6.07, 6.45) is 1.84. The number of carbonyl (C=O) groups is 1. The molecular formula is C20H26N4O. The van der Waals surface area contributed by atoms with E-state index in [0.717, 1.165) is 38.4 Å². The molecule has 1 aromatic carbocycles. The fourth-order valence-corrected chi connectivity index (χ4v) is 3.09. The van der Waals surface area contributed by atoms with Crippen molar-refractivity contribution in [1.29, 1.82) is 0 Å². The average Bonchev–Trinajstić information content (AvgIpc) is 2.64. The Morgan fingerprint density at radius 1 is 1.04 bits per heavy atom. The molecular weight excluding hydrogens is 312 g/mol. The Morgan fingerprint density at radius 3 is 2.48 bits per heavy atom. The number of nitrogens with one attached hydrogen (secondary N) is 1. The first-order valence-electron chi connectivity index (χ1n) is 8.86. The number of rotatable bonds is 6. The summed E-state index contributed by atoms with van der Waals surface area (Å²) in [6.45, 7) is 7.82. The lowest BCUT2D eigenvalue weighted by atomic mass is 10.1. The minimum absolute atomic E-state index is 0.0985. The lowest BCUT2D eigenvalue weighted by Crippen LogP contribution is -2.49. The van der Waals surface area contributed by atoms with Crippen LogP contribution in [-0.4, -0.2) is 53.4 Å². The number of aryl methyl sites for hydroxylation is 1. The van der Waals surface area contributed by atoms with E-state index in [1.165, 1.54) is 11.1 Å². The molecule has 0 radical (unpaired) electrons. The van der Waals surface area contributed by atoms with Crippen LogP contribution < -0.4 is 5.32 Å². The molecule has 2 heterocycles. The number of nitrogens with zero attached hydrogens (tertiary/aromatic N) is 3. The highest BCUT2D eigenvalue weighted by Gasteiger charge is 2.19. The quantitative estimate of drug-likeness (QED) is 0.873. The van der Waals surface area contributed by atoms with Gasteiger partial charge in [-0.05, 0) is 30.2 Å². The number of benzene rings is 1. The minimum Gasteiger partial charge on any atom is -0.351 e. The smallest absolute Gasteiger partial charge is 0.234 e. The van der Waals surface area contributed by atoms with Crippen molar-refractivity contribution in [3.05, 3.63) is 65.5 Å². The van der Waals surface area contributed by atoms with Gasteiger partial charge in [0.05, 0.1) is 12.2 Å². The van der Waals surface area contributed by atoms with Crippen LogP contribution >= 0.6 is 0 Å². The molecule has 0 bridgehead atoms. The number of carbonyl (C=O) groups excluding carboxylic acids is 1. The van der Waals surface area contributed by atoms with Crippen LogP contribution in [0.3, 0.4) is 0 Å². The first-order valence-corrected chi connectivity index (χ1v) is 8.86. The number of hydrogen-bond acceptors (Lipinski definition) is 4. The fraction of sp³-hybridized carbons (Fsp3) is 0.400. The molecule has 1 aliphatic heterocycles. The molecule has 0 atom stereocenters. The lowest BCUT2D eigenvalue weighted by Gasteiger charge is -2.34. The summed E-state index contributed by atoms with van der Waals surface area (Å²) < 4.78 is 0. The highest BCUT2D eigenvalue weighted by atomic mass is 16.2. The van der Waals surface area contributed by atoms with Crippen LogP contribution in [0.15, 0.2) is 48.7 Å². The molecule has 0 aliphatic carbocycles. The van der Waals surface area contributed by atoms with Gasteiger partial charge >= 0.3 is 0 Å². The standard InChI is InChI=1S/C20H26N4O/c1-17-6-2-3-7-18(17)14-22-20(25)16-24-12-10-23(11-13-24)15-19-8-4-5-9-21-19/h2-9H,10-16H2,1H3,(H,22,25). The molecule has 1 saturated heterocycles. The predicted molar refractivity (Wildman–Crippen MR) is 99.0 cm³/mol. The zero-order chi connectivity index (χ0) is 17.5. The summed E-state index contributed by atoms with van der Waals surface area (Å²) in [5.41, 5.74) is 3.49. The maximum Gasteiger partial charge on any atom is 0.234 e. The van der Waals surface area contributed by atoms with Gasteiger partial charge in [-0.2, -0.15) is 0 Å². The van der Waals surface area contributed by atoms with Gasteiger partial charge in [0, 0.05) is 45.5 Å². The van der Waals surface area contributed by atoms with Crippen molar-refractivity contribution in [3.63, 3.8) is 0 Å². The van der Waals surface area contributed by atoms with Crippen molar-refractivity contribution in [3.8, 4) is 0 Å². The van der Waals surface area contributed by atoms with E-state index >= 15 is 0 Å². The zero-order valence-corrected chi connectivity index (χ0v) is 14.8. The van der Waals surface area contributed by atoms with E-state index in [2.05, 4.69) is 45.2 Å². The number of pyridine rings is 1. The Morgan fingerprint density at radius 2 is 1.76 bits per heavy atom. The van der Waals surface area contributed by atoms with Gasteiger partial charge < -0.3 is 5.32 Å². The molecule has 1 aliphatic rings. The third kappa shape index (κ3) is 5.37. The van der Waals surface area contributed by atoms with Gasteiger partial charge in [-0.1, -0.05) is 30.3 Å². The van der Waals surface area contributed by atoms with E-state index in [1.54, 1.807) is 0 Å². The van der Waals surface area contributed by atoms with Crippen molar-refractivity contribution >= 4 is 5.91 Å². The molecule has 0 saturated carbocycles. The van der Waals surface area contributed by atoms with E-state index in [0.29, 0.717) is 13.1 Å². The van der Waals surface area contributed by atoms with E-state index in [1.807, 2.05) is 30.5 Å². The maximum absolute atomic E-state index is 12.2. The second-order valence-corrected chi connectivity index (χ2v) is 6.58. The Kier molecular flexibility index (Phi) is 6.14. The Bertz CT molecular complexity index is 681. The average molecular weight is 338 g/mol. The van der Waals surface area contributed by atoms with E-state index in [4.69, 9.17) is 0 Å². The second-order valence-electron chi connectivity index (χ2n) is 6.58. The van der Waals surface area contributed by atoms with Gasteiger partial charge in [0.2, 0.25) is 5.91 Å². The van der Waals surface area contributed by atoms with Crippen LogP contribution in [-0.2, 0) is 17.9 Å². The molecule has 1 amide bonds. The summed E-state index contributed by atoms with van der Waals surface area (Å²) in [5.74, 6) is 0.0985. The molecule has 0 unspecified atom stereocenters. The van der Waals surface area contributed by atoms with Gasteiger partial charge in [-0.3, -0.25) is 19.6 Å². The van der Waals surface area contributed by atoms with Crippen LogP contribution in [0.2, 0.25) is 0 Å². The van der Waals surface area contributed by atoms with Crippen molar-refractivity contribution in [2.75, 3.05) is 32.7 Å². The lowest BCUT2D eigenvalue weighted by molar-refractivity contribution is -0.122. The van der Waals surface area contributed by atoms with Crippen LogP contribution in [0.25, 0.3) is 0 Å². The molecule has 25 heavy (non-hydrogen) atoms. The van der Waals surface area contributed by atoms with Gasteiger partial charge in [0.1, 0.15) is 0 Å². The summed E-state index contributed by atoms with van der Waals surface area (Å²) in [6, 6.07) is 14.2. The monoisotopic (exact) mass is 338 g/mol. The topological polar surface area (TPSA) is 48.5 Å². The number of aromatic nitrogens is 1. The molecule has 1 fully saturated rings. The van der Waals surface area contributed by atoms with Crippen molar-refractivity contribution < 1.29 is 4.79 Å². The Labute approximate surface area is 149 Å². The van der Waals surface area contributed by atoms with Gasteiger partial charge in [-0.25, -0.2) is 0 Å². The van der Waals surface area contributed by atoms with Gasteiger partial charge in [0.15, 0.2) is 0 Å². The van der Waals surface area contributed by atoms with E-state index in [9.17, 15) is 4.79 Å². The molecule has 0 spiro atoms. The second kappa shape index (κ2) is 8.74. The summed E-state index contributed by atoms with van der Waals surface area (Å²) in [5, 5.41) is 3.03. The molecule has 2 aromatic rings. The zero-order valence-electron chi connectivity index (χ0n) is 14.8. The first kappa shape index (κ1) is 17.6. The number of amides is 1. The fourth-order valence-electron chi connectivity index (χ4n) is 3.09.